The lowest BCUT2D eigenvalue weighted by molar-refractivity contribution is -0.218. The fourth-order valence-electron chi connectivity index (χ4n) is 11.5. The number of rotatable bonds is 4. The summed E-state index contributed by atoms with van der Waals surface area (Å²) in [6.45, 7) is 17.5. The summed E-state index contributed by atoms with van der Waals surface area (Å²) in [5.41, 5.74) is 0.425. The van der Waals surface area contributed by atoms with E-state index in [0.717, 1.165) is 51.4 Å². The highest BCUT2D eigenvalue weighted by molar-refractivity contribution is 6.04. The van der Waals surface area contributed by atoms with Crippen LogP contribution in [0.1, 0.15) is 92.9 Å². The number of hydrogen-bond acceptors (Lipinski definition) is 3. The molecule has 5 heteroatoms. The van der Waals surface area contributed by atoms with Gasteiger partial charge >= 0.3 is 0 Å². The molecule has 4 saturated carbocycles. The van der Waals surface area contributed by atoms with E-state index in [-0.39, 0.29) is 46.3 Å². The summed E-state index contributed by atoms with van der Waals surface area (Å²) < 4.78 is 13.1. The predicted octanol–water partition coefficient (Wildman–Crippen LogP) is 6.97. The van der Waals surface area contributed by atoms with Crippen molar-refractivity contribution in [2.24, 2.45) is 56.7 Å². The number of nitrogens with zero attached hydrogens (tertiary/aromatic N) is 1. The van der Waals surface area contributed by atoms with E-state index in [4.69, 9.17) is 0 Å². The zero-order valence-electron chi connectivity index (χ0n) is 24.4. The molecule has 0 aliphatic heterocycles. The summed E-state index contributed by atoms with van der Waals surface area (Å²) in [6, 6.07) is 2.25. The highest BCUT2D eigenvalue weighted by Crippen LogP contribution is 2.77. The zero-order chi connectivity index (χ0) is 27.9. The number of hydrogen-bond donors (Lipinski definition) is 1. The zero-order valence-corrected chi connectivity index (χ0v) is 24.4. The minimum Gasteiger partial charge on any atom is -0.353 e. The Labute approximate surface area is 228 Å². The molecule has 1 amide bonds. The number of ketones is 1. The van der Waals surface area contributed by atoms with Crippen molar-refractivity contribution in [3.8, 4) is 6.07 Å². The first-order valence-corrected chi connectivity index (χ1v) is 14.9. The van der Waals surface area contributed by atoms with Crippen molar-refractivity contribution < 1.29 is 14.0 Å². The Morgan fingerprint density at radius 1 is 1.05 bits per heavy atom. The van der Waals surface area contributed by atoms with Gasteiger partial charge in [-0.3, -0.25) is 9.59 Å². The monoisotopic (exact) mass is 522 g/mol. The molecule has 0 aromatic heterocycles. The molecule has 0 saturated heterocycles. The molecule has 0 aromatic rings. The number of halogens is 1. The van der Waals surface area contributed by atoms with Gasteiger partial charge in [0.2, 0.25) is 5.91 Å². The van der Waals surface area contributed by atoms with E-state index < -0.39 is 17.5 Å². The van der Waals surface area contributed by atoms with Crippen molar-refractivity contribution in [2.45, 2.75) is 92.9 Å². The van der Waals surface area contributed by atoms with E-state index in [2.05, 4.69) is 65.6 Å². The molecule has 5 aliphatic carbocycles. The number of carbonyl (C=O) groups is 2. The molecule has 5 aliphatic rings. The van der Waals surface area contributed by atoms with Crippen molar-refractivity contribution in [3.63, 3.8) is 0 Å². The SMILES string of the molecule is C=C(C)[C@@H]1CC[C@]2(C(=O)NCCF)CC[C@]3(C)[C@H](CCC4[C@@]5(C)C=C(C#N)C(=O)C(C)(C)[C@@H]5CC[C@]43C)[C@@H]12. The second-order valence-electron chi connectivity index (χ2n) is 14.9. The lowest BCUT2D eigenvalue weighted by Crippen LogP contribution is -2.66. The van der Waals surface area contributed by atoms with Gasteiger partial charge < -0.3 is 5.32 Å². The van der Waals surface area contributed by atoms with E-state index >= 15 is 0 Å². The quantitative estimate of drug-likeness (QED) is 0.405. The summed E-state index contributed by atoms with van der Waals surface area (Å²) in [5, 5.41) is 12.9. The van der Waals surface area contributed by atoms with Gasteiger partial charge in [0, 0.05) is 12.0 Å². The molecule has 38 heavy (non-hydrogen) atoms. The average molecular weight is 523 g/mol. The maximum atomic E-state index is 13.7. The van der Waals surface area contributed by atoms with Crippen LogP contribution in [0.15, 0.2) is 23.8 Å². The van der Waals surface area contributed by atoms with E-state index in [1.54, 1.807) is 0 Å². The molecule has 4 nitrogen and oxygen atoms in total. The standard InChI is InChI=1S/C33H47FN2O2/c1-20(2)22-10-13-33(28(38)36-17-16-34)15-14-31(6)23(26(22)33)8-9-25-30(5)18-21(19-35)27(37)29(3,4)24(30)11-12-32(25,31)7/h18,22-26H,1,8-17H2,2-7H3,(H,36,38)/t22-,23+,24-,25?,26+,30-,31+,32+,33-/m0/s1. The largest absolute Gasteiger partial charge is 0.353 e. The Morgan fingerprint density at radius 2 is 1.76 bits per heavy atom. The van der Waals surface area contributed by atoms with Crippen LogP contribution < -0.4 is 5.32 Å². The average Bonchev–Trinajstić information content (AvgIpc) is 3.26. The molecule has 9 atom stereocenters. The molecular weight excluding hydrogens is 475 g/mol. The number of alkyl halides is 1. The topological polar surface area (TPSA) is 70.0 Å². The Kier molecular flexibility index (Phi) is 6.37. The third-order valence-electron chi connectivity index (χ3n) is 13.4. The Bertz CT molecular complexity index is 1130. The molecule has 1 unspecified atom stereocenters. The van der Waals surface area contributed by atoms with Gasteiger partial charge in [-0.1, -0.05) is 52.8 Å². The van der Waals surface area contributed by atoms with Crippen LogP contribution in [0.5, 0.6) is 0 Å². The summed E-state index contributed by atoms with van der Waals surface area (Å²) in [6.07, 6.45) is 9.91. The fraction of sp³-hybridized carbons (Fsp3) is 0.788. The highest BCUT2D eigenvalue weighted by Gasteiger charge is 2.71. The number of allylic oxidation sites excluding steroid dienone is 3. The number of fused-ring (bicyclic) bond motifs is 7. The molecule has 4 fully saturated rings. The molecule has 0 spiro atoms. The molecule has 1 N–H and O–H groups in total. The van der Waals surface area contributed by atoms with Crippen molar-refractivity contribution in [1.82, 2.24) is 5.32 Å². The molecule has 0 aromatic carbocycles. The molecule has 0 radical (unpaired) electrons. The first-order chi connectivity index (χ1) is 17.7. The van der Waals surface area contributed by atoms with Crippen molar-refractivity contribution in [3.05, 3.63) is 23.8 Å². The van der Waals surface area contributed by atoms with Crippen LogP contribution in [0.4, 0.5) is 4.39 Å². The fourth-order valence-corrected chi connectivity index (χ4v) is 11.5. The normalized spacial score (nSPS) is 46.9. The van der Waals surface area contributed by atoms with Crippen LogP contribution in [0.2, 0.25) is 0 Å². The van der Waals surface area contributed by atoms with Crippen LogP contribution >= 0.6 is 0 Å². The van der Waals surface area contributed by atoms with E-state index in [1.165, 1.54) is 5.57 Å². The number of nitriles is 1. The minimum absolute atomic E-state index is 0.00275. The van der Waals surface area contributed by atoms with E-state index in [1.807, 2.05) is 0 Å². The van der Waals surface area contributed by atoms with Crippen LogP contribution in [-0.2, 0) is 9.59 Å². The lowest BCUT2D eigenvalue weighted by Gasteiger charge is -2.71. The van der Waals surface area contributed by atoms with Gasteiger partial charge in [0.05, 0.1) is 11.0 Å². The van der Waals surface area contributed by atoms with Crippen LogP contribution in [0, 0.1) is 68.0 Å². The van der Waals surface area contributed by atoms with Crippen LogP contribution in [0.25, 0.3) is 0 Å². The number of Topliss-reactive ketones (excluding diaryl/α,β-unsaturated/α-hetero) is 1. The number of nitrogens with one attached hydrogen (secondary N) is 1. The Balaban J connectivity index is 1.59. The van der Waals surface area contributed by atoms with Crippen LogP contribution in [-0.4, -0.2) is 24.9 Å². The van der Waals surface area contributed by atoms with Gasteiger partial charge in [-0.25, -0.2) is 4.39 Å². The van der Waals surface area contributed by atoms with Crippen molar-refractivity contribution in [1.29, 1.82) is 5.26 Å². The summed E-state index contributed by atoms with van der Waals surface area (Å²) in [7, 11) is 0. The van der Waals surface area contributed by atoms with E-state index in [9.17, 15) is 19.2 Å². The molecule has 5 rings (SSSR count). The molecule has 0 heterocycles. The van der Waals surface area contributed by atoms with Gasteiger partial charge in [-0.15, -0.1) is 0 Å². The third-order valence-corrected chi connectivity index (χ3v) is 13.4. The van der Waals surface area contributed by atoms with Gasteiger partial charge in [0.25, 0.3) is 0 Å². The molecule has 208 valence electrons. The van der Waals surface area contributed by atoms with Gasteiger partial charge in [0.1, 0.15) is 12.7 Å². The van der Waals surface area contributed by atoms with E-state index in [0.29, 0.717) is 23.3 Å². The van der Waals surface area contributed by atoms with Crippen LogP contribution in [0.3, 0.4) is 0 Å². The summed E-state index contributed by atoms with van der Waals surface area (Å²) >= 11 is 0. The second kappa shape index (κ2) is 8.77. The summed E-state index contributed by atoms with van der Waals surface area (Å²) in [5.74, 6) is 1.61. The van der Waals surface area contributed by atoms with Gasteiger partial charge in [0.15, 0.2) is 5.78 Å². The minimum atomic E-state index is -0.541. The molecular formula is C33H47FN2O2. The van der Waals surface area contributed by atoms with Crippen molar-refractivity contribution >= 4 is 11.7 Å². The smallest absolute Gasteiger partial charge is 0.226 e. The van der Waals surface area contributed by atoms with Crippen molar-refractivity contribution in [2.75, 3.05) is 13.2 Å². The summed E-state index contributed by atoms with van der Waals surface area (Å²) in [4.78, 5) is 26.9. The lowest BCUT2D eigenvalue weighted by atomic mass is 9.32. The maximum Gasteiger partial charge on any atom is 0.226 e. The van der Waals surface area contributed by atoms with Gasteiger partial charge in [-0.05, 0) is 104 Å². The first kappa shape index (κ1) is 27.6. The predicted molar refractivity (Wildman–Crippen MR) is 147 cm³/mol. The first-order valence-electron chi connectivity index (χ1n) is 14.9. The van der Waals surface area contributed by atoms with Gasteiger partial charge in [-0.2, -0.15) is 5.26 Å². The molecule has 0 bridgehead atoms. The number of amides is 1. The Hall–Kier alpha value is -1.96. The highest BCUT2D eigenvalue weighted by atomic mass is 19.1. The maximum absolute atomic E-state index is 13.7. The second-order valence-corrected chi connectivity index (χ2v) is 14.9. The number of carbonyl (C=O) groups excluding carboxylic acids is 2. The third kappa shape index (κ3) is 3.30. The Morgan fingerprint density at radius 3 is 2.39 bits per heavy atom.